The summed E-state index contributed by atoms with van der Waals surface area (Å²) in [7, 11) is 1.67. The van der Waals surface area contributed by atoms with Crippen LogP contribution in [0, 0.1) is 0 Å². The Kier molecular flexibility index (Phi) is 15.9. The van der Waals surface area contributed by atoms with Crippen LogP contribution in [0.3, 0.4) is 0 Å². The van der Waals surface area contributed by atoms with Crippen LogP contribution in [0.4, 0.5) is 0 Å². The van der Waals surface area contributed by atoms with Crippen LogP contribution in [0.2, 0.25) is 0 Å². The molecule has 0 saturated heterocycles. The molecular formula is C22H43IN6O2. The molecule has 2 N–H and O–H groups in total. The van der Waals surface area contributed by atoms with Crippen LogP contribution in [-0.4, -0.2) is 60.2 Å². The number of halogens is 1. The molecule has 31 heavy (non-hydrogen) atoms. The third-order valence-electron chi connectivity index (χ3n) is 5.22. The smallest absolute Gasteiger partial charge is 0.191 e. The van der Waals surface area contributed by atoms with Gasteiger partial charge in [-0.05, 0) is 26.2 Å². The maximum absolute atomic E-state index is 5.75. The summed E-state index contributed by atoms with van der Waals surface area (Å²) in [5, 5.41) is 11.4. The zero-order valence-electron chi connectivity index (χ0n) is 19.7. The number of aliphatic imine (C=N–C) groups is 1. The average Bonchev–Trinajstić information content (AvgIpc) is 3.14. The summed E-state index contributed by atoms with van der Waals surface area (Å²) < 4.78 is 12.9. The second kappa shape index (κ2) is 17.6. The molecule has 2 rings (SSSR count). The first-order valence-corrected chi connectivity index (χ1v) is 11.8. The van der Waals surface area contributed by atoms with Crippen molar-refractivity contribution in [2.24, 2.45) is 4.99 Å². The topological polar surface area (TPSA) is 85.6 Å². The molecule has 9 heteroatoms. The molecule has 0 spiro atoms. The normalized spacial score (nSPS) is 16.0. The number of methoxy groups -OCH3 is 1. The number of nitrogens with zero attached hydrogens (tertiary/aromatic N) is 4. The Balaban J connectivity index is 0.00000480. The van der Waals surface area contributed by atoms with Crippen molar-refractivity contribution >= 4 is 29.9 Å². The van der Waals surface area contributed by atoms with Gasteiger partial charge in [0, 0.05) is 45.9 Å². The monoisotopic (exact) mass is 550 g/mol. The van der Waals surface area contributed by atoms with E-state index in [0.717, 1.165) is 69.7 Å². The van der Waals surface area contributed by atoms with Gasteiger partial charge < -0.3 is 20.1 Å². The number of hydrogen-bond acceptors (Lipinski definition) is 5. The van der Waals surface area contributed by atoms with E-state index in [1.54, 1.807) is 7.11 Å². The number of unbranched alkanes of at least 4 members (excludes halogenated alkanes) is 5. The molecule has 0 saturated carbocycles. The summed E-state index contributed by atoms with van der Waals surface area (Å²) in [6.45, 7) is 8.89. The predicted molar refractivity (Wildman–Crippen MR) is 136 cm³/mol. The molecule has 180 valence electrons. The van der Waals surface area contributed by atoms with E-state index in [2.05, 4.69) is 34.6 Å². The van der Waals surface area contributed by atoms with E-state index in [1.807, 2.05) is 4.68 Å². The quantitative estimate of drug-likeness (QED) is 0.150. The fourth-order valence-electron chi connectivity index (χ4n) is 3.63. The van der Waals surface area contributed by atoms with E-state index in [9.17, 15) is 0 Å². The van der Waals surface area contributed by atoms with Gasteiger partial charge in [-0.15, -0.1) is 24.0 Å². The summed E-state index contributed by atoms with van der Waals surface area (Å²) >= 11 is 0. The average molecular weight is 551 g/mol. The Morgan fingerprint density at radius 1 is 1.13 bits per heavy atom. The molecule has 0 fully saturated rings. The summed E-state index contributed by atoms with van der Waals surface area (Å²) in [6.07, 6.45) is 10.7. The molecule has 1 unspecified atom stereocenters. The Morgan fingerprint density at radius 2 is 1.90 bits per heavy atom. The van der Waals surface area contributed by atoms with E-state index >= 15 is 0 Å². The van der Waals surface area contributed by atoms with Gasteiger partial charge in [0.1, 0.15) is 12.4 Å². The lowest BCUT2D eigenvalue weighted by molar-refractivity contribution is 0.129. The molecule has 0 bridgehead atoms. The maximum atomic E-state index is 5.75. The number of aromatic nitrogens is 3. The van der Waals surface area contributed by atoms with Crippen molar-refractivity contribution in [1.29, 1.82) is 0 Å². The van der Waals surface area contributed by atoms with Crippen molar-refractivity contribution < 1.29 is 9.47 Å². The van der Waals surface area contributed by atoms with Crippen molar-refractivity contribution in [2.45, 2.75) is 90.8 Å². The van der Waals surface area contributed by atoms with Crippen molar-refractivity contribution in [2.75, 3.05) is 33.4 Å². The van der Waals surface area contributed by atoms with E-state index in [1.165, 1.54) is 38.5 Å². The van der Waals surface area contributed by atoms with Gasteiger partial charge in [-0.25, -0.2) is 9.67 Å². The Labute approximate surface area is 205 Å². The van der Waals surface area contributed by atoms with Crippen LogP contribution >= 0.6 is 24.0 Å². The lowest BCUT2D eigenvalue weighted by Crippen LogP contribution is -2.47. The van der Waals surface area contributed by atoms with Gasteiger partial charge in [-0.3, -0.25) is 4.99 Å². The third-order valence-corrected chi connectivity index (χ3v) is 5.22. The Morgan fingerprint density at radius 3 is 2.68 bits per heavy atom. The van der Waals surface area contributed by atoms with Crippen LogP contribution in [0.1, 0.15) is 76.9 Å². The highest BCUT2D eigenvalue weighted by Gasteiger charge is 2.22. The van der Waals surface area contributed by atoms with Crippen LogP contribution in [0.5, 0.6) is 0 Å². The first kappa shape index (κ1) is 28.1. The number of rotatable bonds is 15. The molecule has 0 radical (unpaired) electrons. The number of ether oxygens (including phenoxy) is 2. The van der Waals surface area contributed by atoms with E-state index in [-0.39, 0.29) is 24.0 Å². The number of nitrogens with one attached hydrogen (secondary N) is 2. The standard InChI is InChI=1S/C22H42N6O2.HI/c1-4-6-7-8-9-10-15-30-16-11-14-24-22(23-5-2)25-19-12-13-21-26-20(18-29-3)27-28(21)17-19;/h19H,4-18H2,1-3H3,(H2,23,24,25);1H. The highest BCUT2D eigenvalue weighted by Crippen LogP contribution is 2.13. The summed E-state index contributed by atoms with van der Waals surface area (Å²) in [4.78, 5) is 9.25. The maximum Gasteiger partial charge on any atom is 0.191 e. The molecule has 2 heterocycles. The zero-order valence-corrected chi connectivity index (χ0v) is 22.0. The highest BCUT2D eigenvalue weighted by molar-refractivity contribution is 14.0. The summed E-state index contributed by atoms with van der Waals surface area (Å²) in [5.41, 5.74) is 0. The van der Waals surface area contributed by atoms with Gasteiger partial charge in [-0.2, -0.15) is 5.10 Å². The van der Waals surface area contributed by atoms with Crippen LogP contribution in [0.15, 0.2) is 4.99 Å². The molecular weight excluding hydrogens is 507 g/mol. The second-order valence-corrected chi connectivity index (χ2v) is 7.93. The Hall–Kier alpha value is -0.940. The molecule has 0 aliphatic carbocycles. The fourth-order valence-corrected chi connectivity index (χ4v) is 3.63. The molecule has 0 aromatic carbocycles. The van der Waals surface area contributed by atoms with Crippen LogP contribution in [0.25, 0.3) is 0 Å². The first-order valence-electron chi connectivity index (χ1n) is 11.8. The van der Waals surface area contributed by atoms with Crippen LogP contribution < -0.4 is 10.6 Å². The van der Waals surface area contributed by atoms with Crippen LogP contribution in [-0.2, 0) is 29.0 Å². The van der Waals surface area contributed by atoms with Crippen molar-refractivity contribution in [1.82, 2.24) is 25.4 Å². The second-order valence-electron chi connectivity index (χ2n) is 7.93. The van der Waals surface area contributed by atoms with Gasteiger partial charge in [0.2, 0.25) is 0 Å². The minimum Gasteiger partial charge on any atom is -0.381 e. The molecule has 1 aromatic rings. The van der Waals surface area contributed by atoms with E-state index in [0.29, 0.717) is 12.6 Å². The van der Waals surface area contributed by atoms with Gasteiger partial charge >= 0.3 is 0 Å². The molecule has 1 aliphatic heterocycles. The van der Waals surface area contributed by atoms with Gasteiger partial charge in [0.05, 0.1) is 6.54 Å². The van der Waals surface area contributed by atoms with Crippen molar-refractivity contribution in [3.63, 3.8) is 0 Å². The fraction of sp³-hybridized carbons (Fsp3) is 0.864. The predicted octanol–water partition coefficient (Wildman–Crippen LogP) is 3.68. The molecule has 8 nitrogen and oxygen atoms in total. The third kappa shape index (κ3) is 11.5. The highest BCUT2D eigenvalue weighted by atomic mass is 127. The van der Waals surface area contributed by atoms with Gasteiger partial charge in [0.25, 0.3) is 0 Å². The summed E-state index contributed by atoms with van der Waals surface area (Å²) in [5.74, 6) is 2.68. The SMILES string of the molecule is CCCCCCCCOCCCN=C(NCC)NC1CCc2nc(COC)nn2C1.I. The minimum atomic E-state index is 0. The lowest BCUT2D eigenvalue weighted by atomic mass is 10.1. The number of fused-ring (bicyclic) bond motifs is 1. The number of hydrogen-bond donors (Lipinski definition) is 2. The summed E-state index contributed by atoms with van der Waals surface area (Å²) in [6, 6.07) is 0.302. The minimum absolute atomic E-state index is 0. The van der Waals surface area contributed by atoms with Crippen molar-refractivity contribution in [3.8, 4) is 0 Å². The largest absolute Gasteiger partial charge is 0.381 e. The first-order chi connectivity index (χ1) is 14.8. The van der Waals surface area contributed by atoms with E-state index < -0.39 is 0 Å². The van der Waals surface area contributed by atoms with E-state index in [4.69, 9.17) is 14.5 Å². The zero-order chi connectivity index (χ0) is 21.4. The lowest BCUT2D eigenvalue weighted by Gasteiger charge is -2.25. The molecule has 1 atom stereocenters. The molecule has 1 aromatic heterocycles. The van der Waals surface area contributed by atoms with Gasteiger partial charge in [-0.1, -0.05) is 39.0 Å². The molecule has 1 aliphatic rings. The number of guanidine groups is 1. The van der Waals surface area contributed by atoms with Gasteiger partial charge in [0.15, 0.2) is 11.8 Å². The Bertz CT molecular complexity index is 611. The molecule has 0 amide bonds. The number of aryl methyl sites for hydroxylation is 1. The van der Waals surface area contributed by atoms with Crippen molar-refractivity contribution in [3.05, 3.63) is 11.6 Å².